The van der Waals surface area contributed by atoms with E-state index in [1.807, 2.05) is 56.7 Å². The van der Waals surface area contributed by atoms with Crippen LogP contribution in [0.5, 0.6) is 5.88 Å². The summed E-state index contributed by atoms with van der Waals surface area (Å²) in [5.74, 6) is 1.40. The molecule has 0 aliphatic rings. The van der Waals surface area contributed by atoms with E-state index in [0.29, 0.717) is 5.88 Å². The van der Waals surface area contributed by atoms with E-state index in [0.717, 1.165) is 28.3 Å². The average Bonchev–Trinajstić information content (AvgIpc) is 2.63. The van der Waals surface area contributed by atoms with Crippen LogP contribution in [0.1, 0.15) is 0 Å². The number of rotatable bonds is 5. The highest BCUT2D eigenvalue weighted by molar-refractivity contribution is 5.66. The summed E-state index contributed by atoms with van der Waals surface area (Å²) in [5, 5.41) is 3.32. The molecule has 0 saturated carbocycles. The van der Waals surface area contributed by atoms with Gasteiger partial charge in [0.15, 0.2) is 0 Å². The van der Waals surface area contributed by atoms with Crippen LogP contribution in [-0.4, -0.2) is 31.2 Å². The summed E-state index contributed by atoms with van der Waals surface area (Å²) in [4.78, 5) is 10.8. The summed E-state index contributed by atoms with van der Waals surface area (Å²) in [5.41, 5.74) is 4.16. The van der Waals surface area contributed by atoms with Crippen LogP contribution in [0.15, 0.2) is 60.9 Å². The minimum absolute atomic E-state index is 0.603. The molecule has 2 aromatic heterocycles. The molecule has 0 fully saturated rings. The zero-order chi connectivity index (χ0) is 16.9. The maximum atomic E-state index is 5.08. The predicted octanol–water partition coefficient (Wildman–Crippen LogP) is 3.96. The second-order valence-electron chi connectivity index (χ2n) is 5.59. The lowest BCUT2D eigenvalue weighted by Crippen LogP contribution is -2.08. The molecule has 5 heteroatoms. The molecule has 1 N–H and O–H groups in total. The number of hydrogen-bond donors (Lipinski definition) is 1. The van der Waals surface area contributed by atoms with E-state index in [-0.39, 0.29) is 0 Å². The van der Waals surface area contributed by atoms with Crippen molar-refractivity contribution in [3.05, 3.63) is 60.9 Å². The number of nitrogens with zero attached hydrogens (tertiary/aromatic N) is 3. The van der Waals surface area contributed by atoms with E-state index in [2.05, 4.69) is 32.3 Å². The van der Waals surface area contributed by atoms with Crippen molar-refractivity contribution in [2.24, 2.45) is 0 Å². The first kappa shape index (κ1) is 15.8. The van der Waals surface area contributed by atoms with Gasteiger partial charge in [-0.1, -0.05) is 6.07 Å². The summed E-state index contributed by atoms with van der Waals surface area (Å²) in [7, 11) is 5.65. The average molecular weight is 320 g/mol. The summed E-state index contributed by atoms with van der Waals surface area (Å²) in [6, 6.07) is 16.0. The van der Waals surface area contributed by atoms with Crippen LogP contribution in [0.4, 0.5) is 17.2 Å². The van der Waals surface area contributed by atoms with Gasteiger partial charge in [0.1, 0.15) is 5.82 Å². The van der Waals surface area contributed by atoms with Gasteiger partial charge in [0, 0.05) is 55.1 Å². The molecule has 2 heterocycles. The molecule has 122 valence electrons. The second-order valence-corrected chi connectivity index (χ2v) is 5.59. The summed E-state index contributed by atoms with van der Waals surface area (Å²) < 4.78 is 5.08. The zero-order valence-electron chi connectivity index (χ0n) is 14.0. The molecule has 0 aliphatic heterocycles. The van der Waals surface area contributed by atoms with Crippen molar-refractivity contribution in [1.82, 2.24) is 9.97 Å². The Balaban J connectivity index is 1.75. The van der Waals surface area contributed by atoms with E-state index < -0.39 is 0 Å². The number of nitrogens with one attached hydrogen (secondary N) is 1. The van der Waals surface area contributed by atoms with Crippen molar-refractivity contribution < 1.29 is 4.74 Å². The standard InChI is InChI=1S/C19H20N4O/c1-23(2)17-6-4-5-16(11-17)22-18-9-7-14(12-20-18)15-8-10-19(24-3)21-13-15/h4-13H,1-3H3,(H,20,22). The molecule has 0 saturated heterocycles. The Bertz CT molecular complexity index is 798. The van der Waals surface area contributed by atoms with Crippen LogP contribution in [-0.2, 0) is 0 Å². The number of ether oxygens (including phenoxy) is 1. The van der Waals surface area contributed by atoms with Crippen LogP contribution < -0.4 is 15.0 Å². The Labute approximate surface area is 142 Å². The van der Waals surface area contributed by atoms with Gasteiger partial charge in [0.2, 0.25) is 5.88 Å². The smallest absolute Gasteiger partial charge is 0.212 e. The number of methoxy groups -OCH3 is 1. The van der Waals surface area contributed by atoms with Gasteiger partial charge in [0.25, 0.3) is 0 Å². The van der Waals surface area contributed by atoms with Gasteiger partial charge >= 0.3 is 0 Å². The first-order valence-electron chi connectivity index (χ1n) is 7.66. The van der Waals surface area contributed by atoms with Gasteiger partial charge in [-0.25, -0.2) is 9.97 Å². The van der Waals surface area contributed by atoms with Crippen LogP contribution in [0.3, 0.4) is 0 Å². The fourth-order valence-electron chi connectivity index (χ4n) is 2.32. The van der Waals surface area contributed by atoms with Crippen LogP contribution in [0.25, 0.3) is 11.1 Å². The van der Waals surface area contributed by atoms with E-state index in [1.54, 1.807) is 13.3 Å². The summed E-state index contributed by atoms with van der Waals surface area (Å²) >= 11 is 0. The highest BCUT2D eigenvalue weighted by atomic mass is 16.5. The second kappa shape index (κ2) is 7.00. The van der Waals surface area contributed by atoms with Gasteiger partial charge in [-0.05, 0) is 36.4 Å². The van der Waals surface area contributed by atoms with Gasteiger partial charge in [0.05, 0.1) is 7.11 Å². The monoisotopic (exact) mass is 320 g/mol. The molecule has 0 unspecified atom stereocenters. The number of hydrogen-bond acceptors (Lipinski definition) is 5. The molecule has 5 nitrogen and oxygen atoms in total. The fourth-order valence-corrected chi connectivity index (χ4v) is 2.32. The van der Waals surface area contributed by atoms with Crippen LogP contribution >= 0.6 is 0 Å². The topological polar surface area (TPSA) is 50.3 Å². The maximum absolute atomic E-state index is 5.08. The van der Waals surface area contributed by atoms with Crippen LogP contribution in [0, 0.1) is 0 Å². The Morgan fingerprint density at radius 1 is 0.917 bits per heavy atom. The van der Waals surface area contributed by atoms with Crippen molar-refractivity contribution in [1.29, 1.82) is 0 Å². The third-order valence-corrected chi connectivity index (χ3v) is 3.68. The van der Waals surface area contributed by atoms with Gasteiger partial charge in [-0.15, -0.1) is 0 Å². The van der Waals surface area contributed by atoms with Crippen molar-refractivity contribution >= 4 is 17.2 Å². The zero-order valence-corrected chi connectivity index (χ0v) is 14.0. The van der Waals surface area contributed by atoms with Gasteiger partial charge < -0.3 is 15.0 Å². The number of benzene rings is 1. The molecule has 0 aliphatic carbocycles. The number of aromatic nitrogens is 2. The van der Waals surface area contributed by atoms with Crippen molar-refractivity contribution in [3.63, 3.8) is 0 Å². The van der Waals surface area contributed by atoms with E-state index in [1.165, 1.54) is 0 Å². The van der Waals surface area contributed by atoms with E-state index >= 15 is 0 Å². The first-order valence-corrected chi connectivity index (χ1v) is 7.66. The molecular formula is C19H20N4O. The Morgan fingerprint density at radius 2 is 1.67 bits per heavy atom. The normalized spacial score (nSPS) is 10.3. The Morgan fingerprint density at radius 3 is 2.25 bits per heavy atom. The SMILES string of the molecule is COc1ccc(-c2ccc(Nc3cccc(N(C)C)c3)nc2)cn1. The first-order chi connectivity index (χ1) is 11.7. The molecule has 3 rings (SSSR count). The summed E-state index contributed by atoms with van der Waals surface area (Å²) in [6.45, 7) is 0. The molecule has 0 amide bonds. The van der Waals surface area contributed by atoms with Crippen LogP contribution in [0.2, 0.25) is 0 Å². The lowest BCUT2D eigenvalue weighted by molar-refractivity contribution is 0.398. The lowest BCUT2D eigenvalue weighted by Gasteiger charge is -2.14. The lowest BCUT2D eigenvalue weighted by atomic mass is 10.1. The third-order valence-electron chi connectivity index (χ3n) is 3.68. The molecule has 0 radical (unpaired) electrons. The highest BCUT2D eigenvalue weighted by Crippen LogP contribution is 2.23. The Hall–Kier alpha value is -3.08. The minimum Gasteiger partial charge on any atom is -0.481 e. The third kappa shape index (κ3) is 3.63. The number of anilines is 3. The van der Waals surface area contributed by atoms with Crippen molar-refractivity contribution in [2.45, 2.75) is 0 Å². The van der Waals surface area contributed by atoms with Crippen molar-refractivity contribution in [2.75, 3.05) is 31.4 Å². The molecule has 0 bridgehead atoms. The molecule has 1 aromatic carbocycles. The largest absolute Gasteiger partial charge is 0.481 e. The van der Waals surface area contributed by atoms with Gasteiger partial charge in [-0.3, -0.25) is 0 Å². The molecule has 0 spiro atoms. The summed E-state index contributed by atoms with van der Waals surface area (Å²) in [6.07, 6.45) is 3.62. The highest BCUT2D eigenvalue weighted by Gasteiger charge is 2.02. The van der Waals surface area contributed by atoms with E-state index in [9.17, 15) is 0 Å². The fraction of sp³-hybridized carbons (Fsp3) is 0.158. The number of pyridine rings is 2. The predicted molar refractivity (Wildman–Crippen MR) is 98.1 cm³/mol. The molecule has 24 heavy (non-hydrogen) atoms. The Kier molecular flexibility index (Phi) is 4.61. The maximum Gasteiger partial charge on any atom is 0.212 e. The quantitative estimate of drug-likeness (QED) is 0.771. The molecular weight excluding hydrogens is 300 g/mol. The molecule has 0 atom stereocenters. The van der Waals surface area contributed by atoms with Gasteiger partial charge in [-0.2, -0.15) is 0 Å². The van der Waals surface area contributed by atoms with Crippen molar-refractivity contribution in [3.8, 4) is 17.0 Å². The van der Waals surface area contributed by atoms with E-state index in [4.69, 9.17) is 4.74 Å². The minimum atomic E-state index is 0.603. The molecule has 3 aromatic rings.